The summed E-state index contributed by atoms with van der Waals surface area (Å²) in [4.78, 5) is 0. The minimum absolute atomic E-state index is 1.15. The molecule has 0 bridgehead atoms. The summed E-state index contributed by atoms with van der Waals surface area (Å²) in [5.41, 5.74) is 17.2. The minimum Gasteiger partial charge on any atom is -0.309 e. The Morgan fingerprint density at radius 2 is 0.820 bits per heavy atom. The van der Waals surface area contributed by atoms with Crippen molar-refractivity contribution in [2.45, 2.75) is 0 Å². The lowest BCUT2D eigenvalue weighted by atomic mass is 9.93. The first-order chi connectivity index (χ1) is 24.8. The van der Waals surface area contributed by atoms with Crippen molar-refractivity contribution < 1.29 is 0 Å². The van der Waals surface area contributed by atoms with E-state index in [0.29, 0.717) is 0 Å². The highest BCUT2D eigenvalue weighted by molar-refractivity contribution is 6.17. The van der Waals surface area contributed by atoms with E-state index in [1.54, 1.807) is 0 Å². The molecule has 0 radical (unpaired) electrons. The fraction of sp³-hybridized carbons (Fsp3) is 0. The van der Waals surface area contributed by atoms with Crippen LogP contribution in [-0.4, -0.2) is 9.13 Å². The topological polar surface area (TPSA) is 9.86 Å². The van der Waals surface area contributed by atoms with Crippen molar-refractivity contribution >= 4 is 43.6 Å². The molecule has 0 saturated carbocycles. The highest BCUT2D eigenvalue weighted by Gasteiger charge is 2.25. The van der Waals surface area contributed by atoms with Crippen LogP contribution >= 0.6 is 0 Å². The number of para-hydroxylation sites is 2. The van der Waals surface area contributed by atoms with Gasteiger partial charge in [-0.15, -0.1) is 0 Å². The first-order valence-electron chi connectivity index (χ1n) is 17.3. The predicted octanol–water partition coefficient (Wildman–Crippen LogP) is 12.9. The van der Waals surface area contributed by atoms with Crippen molar-refractivity contribution in [3.63, 3.8) is 0 Å². The lowest BCUT2D eigenvalue weighted by Crippen LogP contribution is -1.99. The predicted molar refractivity (Wildman–Crippen MR) is 210 cm³/mol. The van der Waals surface area contributed by atoms with E-state index in [9.17, 15) is 0 Å². The Bertz CT molecular complexity index is 2860. The number of fused-ring (bicyclic) bond motifs is 11. The van der Waals surface area contributed by atoms with Crippen LogP contribution in [0.1, 0.15) is 0 Å². The van der Waals surface area contributed by atoms with E-state index in [2.05, 4.69) is 191 Å². The molecule has 1 aliphatic rings. The van der Waals surface area contributed by atoms with Crippen molar-refractivity contribution in [1.82, 2.24) is 9.13 Å². The molecule has 10 aromatic rings. The summed E-state index contributed by atoms with van der Waals surface area (Å²) < 4.78 is 4.95. The molecule has 0 aliphatic carbocycles. The quantitative estimate of drug-likeness (QED) is 0.183. The van der Waals surface area contributed by atoms with Gasteiger partial charge in [-0.3, -0.25) is 0 Å². The van der Waals surface area contributed by atoms with Crippen LogP contribution in [0.3, 0.4) is 0 Å². The zero-order valence-electron chi connectivity index (χ0n) is 27.2. The second-order valence-electron chi connectivity index (χ2n) is 13.3. The zero-order chi connectivity index (χ0) is 32.8. The van der Waals surface area contributed by atoms with Gasteiger partial charge in [0.05, 0.1) is 27.8 Å². The van der Waals surface area contributed by atoms with E-state index in [4.69, 9.17) is 0 Å². The second-order valence-corrected chi connectivity index (χ2v) is 13.3. The molecule has 0 spiro atoms. The maximum Gasteiger partial charge on any atom is 0.0619 e. The van der Waals surface area contributed by atoms with Gasteiger partial charge in [0.1, 0.15) is 0 Å². The Hall–Kier alpha value is -6.64. The number of nitrogens with zero attached hydrogens (tertiary/aromatic N) is 2. The molecule has 0 fully saturated rings. The molecule has 8 aromatic carbocycles. The normalized spacial score (nSPS) is 12.0. The van der Waals surface area contributed by atoms with Crippen LogP contribution in [0, 0.1) is 0 Å². The van der Waals surface area contributed by atoms with E-state index in [1.165, 1.54) is 93.8 Å². The van der Waals surface area contributed by atoms with Gasteiger partial charge in [0.15, 0.2) is 0 Å². The third-order valence-corrected chi connectivity index (χ3v) is 10.7. The summed E-state index contributed by atoms with van der Waals surface area (Å²) in [6, 6.07) is 66.8. The highest BCUT2D eigenvalue weighted by atomic mass is 15.0. The molecule has 2 heteroatoms. The van der Waals surface area contributed by atoms with E-state index >= 15 is 0 Å². The van der Waals surface area contributed by atoms with Crippen LogP contribution in [0.5, 0.6) is 0 Å². The van der Waals surface area contributed by atoms with Gasteiger partial charge in [-0.25, -0.2) is 0 Å². The molecule has 2 aromatic heterocycles. The molecule has 3 heterocycles. The van der Waals surface area contributed by atoms with Crippen LogP contribution in [0.4, 0.5) is 0 Å². The van der Waals surface area contributed by atoms with Gasteiger partial charge in [-0.2, -0.15) is 0 Å². The summed E-state index contributed by atoms with van der Waals surface area (Å²) in [7, 11) is 0. The van der Waals surface area contributed by atoms with Crippen molar-refractivity contribution in [3.8, 4) is 55.9 Å². The summed E-state index contributed by atoms with van der Waals surface area (Å²) in [6.07, 6.45) is 0. The fourth-order valence-corrected chi connectivity index (χ4v) is 8.43. The highest BCUT2D eigenvalue weighted by Crippen LogP contribution is 2.47. The fourth-order valence-electron chi connectivity index (χ4n) is 8.43. The van der Waals surface area contributed by atoms with Crippen LogP contribution in [0.25, 0.3) is 99.5 Å². The summed E-state index contributed by atoms with van der Waals surface area (Å²) in [5, 5.41) is 5.07. The largest absolute Gasteiger partial charge is 0.309 e. The Morgan fingerprint density at radius 3 is 1.50 bits per heavy atom. The van der Waals surface area contributed by atoms with Gasteiger partial charge >= 0.3 is 0 Å². The molecule has 232 valence electrons. The first-order valence-corrected chi connectivity index (χ1v) is 17.3. The molecule has 0 amide bonds. The summed E-state index contributed by atoms with van der Waals surface area (Å²) in [6.45, 7) is 0. The van der Waals surface area contributed by atoms with Gasteiger partial charge in [0.25, 0.3) is 0 Å². The molecular weight excluding hydrogens is 605 g/mol. The maximum absolute atomic E-state index is 2.49. The monoisotopic (exact) mass is 634 g/mol. The van der Waals surface area contributed by atoms with Crippen molar-refractivity contribution in [2.24, 2.45) is 0 Å². The van der Waals surface area contributed by atoms with Crippen molar-refractivity contribution in [2.75, 3.05) is 0 Å². The number of rotatable bonds is 3. The molecule has 11 rings (SSSR count). The number of hydrogen-bond acceptors (Lipinski definition) is 0. The van der Waals surface area contributed by atoms with Gasteiger partial charge in [-0.05, 0) is 81.9 Å². The van der Waals surface area contributed by atoms with Crippen LogP contribution in [0.2, 0.25) is 0 Å². The lowest BCUT2D eigenvalue weighted by molar-refractivity contribution is 1.15. The lowest BCUT2D eigenvalue weighted by Gasteiger charge is -2.16. The molecule has 0 unspecified atom stereocenters. The molecule has 50 heavy (non-hydrogen) atoms. The van der Waals surface area contributed by atoms with Gasteiger partial charge in [0.2, 0.25) is 0 Å². The van der Waals surface area contributed by atoms with Crippen LogP contribution < -0.4 is 0 Å². The molecule has 1 aliphatic heterocycles. The minimum atomic E-state index is 1.15. The number of benzene rings is 8. The van der Waals surface area contributed by atoms with E-state index in [1.807, 2.05) is 0 Å². The Morgan fingerprint density at radius 1 is 0.280 bits per heavy atom. The van der Waals surface area contributed by atoms with E-state index in [0.717, 1.165) is 5.69 Å². The Labute approximate surface area is 289 Å². The van der Waals surface area contributed by atoms with Gasteiger partial charge in [-0.1, -0.05) is 133 Å². The van der Waals surface area contributed by atoms with Crippen molar-refractivity contribution in [1.29, 1.82) is 0 Å². The molecule has 2 nitrogen and oxygen atoms in total. The Kier molecular flexibility index (Phi) is 5.70. The maximum atomic E-state index is 2.49. The van der Waals surface area contributed by atoms with E-state index in [-0.39, 0.29) is 0 Å². The Balaban J connectivity index is 1.21. The summed E-state index contributed by atoms with van der Waals surface area (Å²) >= 11 is 0. The standard InChI is InChI=1S/C48H30N2/c1-3-12-31(13-4-1)33-22-25-45-41(28-33)42-29-34(32-14-5-2-6-15-32)23-26-46(42)49(45)35-24-27-47-43(30-35)37-17-8-7-16-36(37)39-19-11-20-40-38-18-9-10-21-44(38)50(47)48(39)40/h1-30H. The average Bonchev–Trinajstić information content (AvgIpc) is 3.66. The average molecular weight is 635 g/mol. The number of aromatic nitrogens is 2. The smallest absolute Gasteiger partial charge is 0.0619 e. The SMILES string of the molecule is c1ccc(-c2ccc3c(c2)c2cc(-c4ccccc4)ccc2n3-c2ccc3c(c2)-c2ccccc2-c2cccc4c5ccccc5n-3c24)cc1. The molecule has 0 saturated heterocycles. The number of hydrogen-bond donors (Lipinski definition) is 0. The second kappa shape index (κ2) is 10.4. The summed E-state index contributed by atoms with van der Waals surface area (Å²) in [5.74, 6) is 0. The van der Waals surface area contributed by atoms with E-state index < -0.39 is 0 Å². The van der Waals surface area contributed by atoms with Crippen LogP contribution in [-0.2, 0) is 0 Å². The molecular formula is C48H30N2. The van der Waals surface area contributed by atoms with Gasteiger partial charge < -0.3 is 9.13 Å². The van der Waals surface area contributed by atoms with Crippen LogP contribution in [0.15, 0.2) is 182 Å². The first kappa shape index (κ1) is 27.3. The molecule has 0 atom stereocenters. The third-order valence-electron chi connectivity index (χ3n) is 10.7. The molecule has 0 N–H and O–H groups in total. The van der Waals surface area contributed by atoms with Gasteiger partial charge in [0, 0.05) is 38.4 Å². The zero-order valence-corrected chi connectivity index (χ0v) is 27.2. The third kappa shape index (κ3) is 3.85. The van der Waals surface area contributed by atoms with Crippen molar-refractivity contribution in [3.05, 3.63) is 182 Å².